The van der Waals surface area contributed by atoms with E-state index in [0.717, 1.165) is 19.2 Å². The van der Waals surface area contributed by atoms with Gasteiger partial charge >= 0.3 is 17.8 Å². The van der Waals surface area contributed by atoms with E-state index in [0.29, 0.717) is 0 Å². The van der Waals surface area contributed by atoms with Crippen molar-refractivity contribution in [3.05, 3.63) is 78.8 Å². The van der Waals surface area contributed by atoms with Crippen molar-refractivity contribution in [1.82, 2.24) is 9.13 Å². The fourth-order valence-electron chi connectivity index (χ4n) is 2.92. The average molecular weight is 558 g/mol. The van der Waals surface area contributed by atoms with Crippen LogP contribution in [0.4, 0.5) is 17.6 Å². The summed E-state index contributed by atoms with van der Waals surface area (Å²) in [5.74, 6) is -2.95. The third-order valence-corrected chi connectivity index (χ3v) is 5.12. The molecule has 2 aromatic carbocycles. The Morgan fingerprint density at radius 1 is 1.14 bits per heavy atom. The van der Waals surface area contributed by atoms with Crippen molar-refractivity contribution < 1.29 is 36.9 Å². The second-order valence-corrected chi connectivity index (χ2v) is 7.69. The lowest BCUT2D eigenvalue weighted by atomic mass is 10.2. The number of nitrogens with zero attached hydrogens (tertiary/aromatic N) is 3. The quantitative estimate of drug-likeness (QED) is 0.459. The molecule has 1 N–H and O–H groups in total. The van der Waals surface area contributed by atoms with E-state index in [4.69, 9.17) is 19.8 Å². The maximum Gasteiger partial charge on any atom is 0.431 e. The van der Waals surface area contributed by atoms with E-state index < -0.39 is 47.2 Å². The van der Waals surface area contributed by atoms with Gasteiger partial charge < -0.3 is 14.6 Å². The molecule has 0 fully saturated rings. The number of carboxylic acids is 1. The Morgan fingerprint density at radius 3 is 2.43 bits per heavy atom. The minimum Gasteiger partial charge on any atom is -0.479 e. The summed E-state index contributed by atoms with van der Waals surface area (Å²) in [6.07, 6.45) is -5.00. The van der Waals surface area contributed by atoms with Gasteiger partial charge in [-0.1, -0.05) is 0 Å². The van der Waals surface area contributed by atoms with Gasteiger partial charge in [-0.15, -0.1) is 0 Å². The molecule has 0 spiro atoms. The molecular formula is C21H12BrF4N3O6. The average Bonchev–Trinajstić information content (AvgIpc) is 2.77. The third kappa shape index (κ3) is 5.35. The predicted molar refractivity (Wildman–Crippen MR) is 114 cm³/mol. The summed E-state index contributed by atoms with van der Waals surface area (Å²) >= 11 is 3.04. The van der Waals surface area contributed by atoms with Crippen molar-refractivity contribution in [2.75, 3.05) is 6.61 Å². The molecule has 1 aromatic heterocycles. The van der Waals surface area contributed by atoms with E-state index in [1.54, 1.807) is 0 Å². The van der Waals surface area contributed by atoms with Crippen LogP contribution < -0.4 is 20.7 Å². The standard InChI is InChI=1S/C21H12BrF4N3O6/c1-28-17(21(24,25)26)7-18(30)29(20(28)33)13-6-15(11(22)5-12(13)23)35-16-4-10(8-27)2-3-14(16)34-9-19(31)32/h2-7H,9H2,1H3,(H,31,32). The molecule has 0 radical (unpaired) electrons. The minimum atomic E-state index is -5.00. The van der Waals surface area contributed by atoms with Crippen LogP contribution in [0.3, 0.4) is 0 Å². The maximum atomic E-state index is 14.7. The molecule has 182 valence electrons. The molecule has 0 saturated carbocycles. The smallest absolute Gasteiger partial charge is 0.431 e. The molecule has 0 saturated heterocycles. The van der Waals surface area contributed by atoms with Crippen LogP contribution in [0.25, 0.3) is 5.69 Å². The van der Waals surface area contributed by atoms with E-state index in [1.165, 1.54) is 18.2 Å². The van der Waals surface area contributed by atoms with Crippen LogP contribution in [-0.2, 0) is 18.0 Å². The Labute approximate surface area is 201 Å². The van der Waals surface area contributed by atoms with Crippen LogP contribution in [0.2, 0.25) is 0 Å². The number of aliphatic carboxylic acids is 1. The second-order valence-electron chi connectivity index (χ2n) is 6.83. The Kier molecular flexibility index (Phi) is 7.01. The number of carboxylic acid groups (broad SMARTS) is 1. The molecule has 14 heteroatoms. The van der Waals surface area contributed by atoms with Gasteiger partial charge in [-0.3, -0.25) is 9.36 Å². The Bertz CT molecular complexity index is 1490. The molecule has 35 heavy (non-hydrogen) atoms. The lowest BCUT2D eigenvalue weighted by Gasteiger charge is -2.16. The Morgan fingerprint density at radius 2 is 1.83 bits per heavy atom. The number of carbonyl (C=O) groups is 1. The second kappa shape index (κ2) is 9.63. The van der Waals surface area contributed by atoms with E-state index >= 15 is 0 Å². The van der Waals surface area contributed by atoms with Gasteiger partial charge in [-0.2, -0.15) is 18.4 Å². The number of halogens is 5. The molecule has 9 nitrogen and oxygen atoms in total. The van der Waals surface area contributed by atoms with Crippen molar-refractivity contribution in [3.63, 3.8) is 0 Å². The lowest BCUT2D eigenvalue weighted by Crippen LogP contribution is -2.41. The molecule has 0 unspecified atom stereocenters. The highest BCUT2D eigenvalue weighted by atomic mass is 79.9. The zero-order chi connectivity index (χ0) is 26.1. The summed E-state index contributed by atoms with van der Waals surface area (Å²) in [5.41, 5.74) is -5.05. The number of hydrogen-bond donors (Lipinski definition) is 1. The molecule has 0 atom stereocenters. The lowest BCUT2D eigenvalue weighted by molar-refractivity contribution is -0.144. The number of rotatable bonds is 6. The summed E-state index contributed by atoms with van der Waals surface area (Å²) < 4.78 is 65.1. The first-order valence-corrected chi connectivity index (χ1v) is 10.1. The largest absolute Gasteiger partial charge is 0.479 e. The third-order valence-electron chi connectivity index (χ3n) is 4.50. The van der Waals surface area contributed by atoms with Gasteiger partial charge in [0.2, 0.25) is 0 Å². The number of nitriles is 1. The highest BCUT2D eigenvalue weighted by Crippen LogP contribution is 2.38. The summed E-state index contributed by atoms with van der Waals surface area (Å²) in [5, 5.41) is 18.0. The monoisotopic (exact) mass is 557 g/mol. The molecule has 0 amide bonds. The summed E-state index contributed by atoms with van der Waals surface area (Å²) in [6, 6.07) is 7.43. The minimum absolute atomic E-state index is 0.0397. The molecular weight excluding hydrogens is 546 g/mol. The van der Waals surface area contributed by atoms with Crippen LogP contribution in [0.1, 0.15) is 11.3 Å². The highest BCUT2D eigenvalue weighted by Gasteiger charge is 2.35. The van der Waals surface area contributed by atoms with E-state index in [-0.39, 0.29) is 42.5 Å². The topological polar surface area (TPSA) is 124 Å². The van der Waals surface area contributed by atoms with E-state index in [9.17, 15) is 31.9 Å². The first-order valence-electron chi connectivity index (χ1n) is 9.29. The van der Waals surface area contributed by atoms with Crippen LogP contribution in [-0.4, -0.2) is 26.8 Å². The normalized spacial score (nSPS) is 11.1. The van der Waals surface area contributed by atoms with Gasteiger partial charge in [0.05, 0.1) is 21.8 Å². The molecule has 3 rings (SSSR count). The molecule has 0 aliphatic carbocycles. The SMILES string of the molecule is Cn1c(C(F)(F)F)cc(=O)n(-c2cc(Oc3cc(C#N)ccc3OCC(=O)O)c(Br)cc2F)c1=O. The zero-order valence-corrected chi connectivity index (χ0v) is 19.0. The van der Waals surface area contributed by atoms with Gasteiger partial charge in [-0.25, -0.2) is 18.5 Å². The van der Waals surface area contributed by atoms with Crippen LogP contribution in [0, 0.1) is 17.1 Å². The van der Waals surface area contributed by atoms with Crippen molar-refractivity contribution >= 4 is 21.9 Å². The molecule has 3 aromatic rings. The molecule has 1 heterocycles. The Hall–Kier alpha value is -4.12. The molecule has 0 aliphatic rings. The first kappa shape index (κ1) is 25.5. The molecule has 0 bridgehead atoms. The van der Waals surface area contributed by atoms with Gasteiger partial charge in [0.15, 0.2) is 18.1 Å². The van der Waals surface area contributed by atoms with Crippen LogP contribution >= 0.6 is 15.9 Å². The van der Waals surface area contributed by atoms with E-state index in [2.05, 4.69) is 15.9 Å². The number of benzene rings is 2. The highest BCUT2D eigenvalue weighted by molar-refractivity contribution is 9.10. The fourth-order valence-corrected chi connectivity index (χ4v) is 3.32. The van der Waals surface area contributed by atoms with Crippen molar-refractivity contribution in [2.45, 2.75) is 6.18 Å². The first-order chi connectivity index (χ1) is 16.3. The summed E-state index contributed by atoms with van der Waals surface area (Å²) in [7, 11) is 0.773. The number of aromatic nitrogens is 2. The van der Waals surface area contributed by atoms with Crippen molar-refractivity contribution in [2.24, 2.45) is 7.05 Å². The molecule has 0 aliphatic heterocycles. The van der Waals surface area contributed by atoms with Gasteiger partial charge in [0, 0.05) is 25.2 Å². The predicted octanol–water partition coefficient (Wildman–Crippen LogP) is 3.58. The van der Waals surface area contributed by atoms with Gasteiger partial charge in [0.1, 0.15) is 17.3 Å². The van der Waals surface area contributed by atoms with Crippen LogP contribution in [0.5, 0.6) is 17.2 Å². The zero-order valence-electron chi connectivity index (χ0n) is 17.4. The summed E-state index contributed by atoms with van der Waals surface area (Å²) in [4.78, 5) is 35.8. The summed E-state index contributed by atoms with van der Waals surface area (Å²) in [6.45, 7) is -0.755. The van der Waals surface area contributed by atoms with Crippen LogP contribution in [0.15, 0.2) is 50.5 Å². The van der Waals surface area contributed by atoms with Gasteiger partial charge in [0.25, 0.3) is 5.56 Å². The van der Waals surface area contributed by atoms with Crippen molar-refractivity contribution in [3.8, 4) is 29.0 Å². The maximum absolute atomic E-state index is 14.7. The number of hydrogen-bond acceptors (Lipinski definition) is 6. The fraction of sp³-hybridized carbons (Fsp3) is 0.143. The number of ether oxygens (including phenoxy) is 2. The van der Waals surface area contributed by atoms with Crippen molar-refractivity contribution in [1.29, 1.82) is 5.26 Å². The Balaban J connectivity index is 2.16. The van der Waals surface area contributed by atoms with E-state index in [1.807, 2.05) is 6.07 Å². The van der Waals surface area contributed by atoms with Gasteiger partial charge in [-0.05, 0) is 34.1 Å². The number of alkyl halides is 3.